The van der Waals surface area contributed by atoms with E-state index in [4.69, 9.17) is 4.74 Å². The van der Waals surface area contributed by atoms with Crippen LogP contribution in [0.2, 0.25) is 0 Å². The number of anilines is 1. The highest BCUT2D eigenvalue weighted by Gasteiger charge is 2.14. The van der Waals surface area contributed by atoms with Crippen LogP contribution in [0.15, 0.2) is 59.6 Å². The Morgan fingerprint density at radius 3 is 2.59 bits per heavy atom. The van der Waals surface area contributed by atoms with E-state index in [9.17, 15) is 0 Å². The Bertz CT molecular complexity index is 549. The first-order chi connectivity index (χ1) is 8.43. The molecule has 2 aromatic carbocycles. The van der Waals surface area contributed by atoms with E-state index in [1.807, 2.05) is 54.6 Å². The summed E-state index contributed by atoms with van der Waals surface area (Å²) in [6, 6.07) is 17.7. The van der Waals surface area contributed by atoms with Gasteiger partial charge < -0.3 is 10.1 Å². The quantitative estimate of drug-likeness (QED) is 0.808. The van der Waals surface area contributed by atoms with Crippen molar-refractivity contribution in [1.82, 2.24) is 0 Å². The van der Waals surface area contributed by atoms with Crippen LogP contribution in [0.4, 0.5) is 5.69 Å². The Labute approximate surface area is 99.8 Å². The van der Waals surface area contributed by atoms with Crippen molar-refractivity contribution in [3.05, 3.63) is 60.2 Å². The predicted molar refractivity (Wildman–Crippen MR) is 68.5 cm³/mol. The lowest BCUT2D eigenvalue weighted by atomic mass is 10.1. The molecule has 3 nitrogen and oxygen atoms in total. The molecule has 0 unspecified atom stereocenters. The molecule has 1 heterocycles. The zero-order valence-corrected chi connectivity index (χ0v) is 9.26. The zero-order valence-electron chi connectivity index (χ0n) is 9.26. The van der Waals surface area contributed by atoms with Crippen molar-refractivity contribution in [3.63, 3.8) is 0 Å². The summed E-state index contributed by atoms with van der Waals surface area (Å²) in [5, 5.41) is 3.21. The lowest BCUT2D eigenvalue weighted by Gasteiger charge is -2.18. The molecule has 17 heavy (non-hydrogen) atoms. The minimum absolute atomic E-state index is 0.555. The van der Waals surface area contributed by atoms with Gasteiger partial charge in [0.05, 0.1) is 5.56 Å². The van der Waals surface area contributed by atoms with Crippen LogP contribution >= 0.6 is 0 Å². The van der Waals surface area contributed by atoms with Crippen LogP contribution in [0.25, 0.3) is 0 Å². The van der Waals surface area contributed by atoms with Gasteiger partial charge in [0.25, 0.3) is 0 Å². The maximum atomic E-state index is 5.79. The molecule has 0 atom stereocenters. The molecule has 0 bridgehead atoms. The molecule has 0 aromatic heterocycles. The van der Waals surface area contributed by atoms with Crippen LogP contribution in [-0.2, 0) is 0 Å². The molecule has 0 radical (unpaired) electrons. The average molecular weight is 224 g/mol. The van der Waals surface area contributed by atoms with E-state index in [-0.39, 0.29) is 0 Å². The third-order valence-corrected chi connectivity index (χ3v) is 2.61. The summed E-state index contributed by atoms with van der Waals surface area (Å²) in [5.74, 6) is 1.48. The molecule has 1 aliphatic heterocycles. The van der Waals surface area contributed by atoms with Gasteiger partial charge in [0.2, 0.25) is 5.90 Å². The highest BCUT2D eigenvalue weighted by Crippen LogP contribution is 2.21. The van der Waals surface area contributed by atoms with Crippen LogP contribution in [-0.4, -0.2) is 12.6 Å². The number of nitrogens with zero attached hydrogens (tertiary/aromatic N) is 1. The predicted octanol–water partition coefficient (Wildman–Crippen LogP) is 2.90. The fraction of sp³-hybridized carbons (Fsp3) is 0.0714. The Hall–Kier alpha value is -2.29. The summed E-state index contributed by atoms with van der Waals surface area (Å²) in [4.78, 5) is 4.35. The van der Waals surface area contributed by atoms with Crippen molar-refractivity contribution in [2.45, 2.75) is 0 Å². The van der Waals surface area contributed by atoms with Crippen LogP contribution in [0.3, 0.4) is 0 Å². The number of hydrogen-bond acceptors (Lipinski definition) is 3. The van der Waals surface area contributed by atoms with Gasteiger partial charge >= 0.3 is 0 Å². The summed E-state index contributed by atoms with van der Waals surface area (Å²) in [6.07, 6.45) is 0. The summed E-state index contributed by atoms with van der Waals surface area (Å²) in [5.41, 5.74) is 2.07. The summed E-state index contributed by atoms with van der Waals surface area (Å²) < 4.78 is 5.79. The largest absolute Gasteiger partial charge is 0.439 e. The second-order valence-corrected chi connectivity index (χ2v) is 3.76. The Balaban J connectivity index is 1.92. The van der Waals surface area contributed by atoms with E-state index in [0.717, 1.165) is 17.0 Å². The number of hydrogen-bond donors (Lipinski definition) is 1. The zero-order chi connectivity index (χ0) is 11.5. The van der Waals surface area contributed by atoms with Crippen molar-refractivity contribution in [2.24, 2.45) is 4.99 Å². The third kappa shape index (κ3) is 1.99. The summed E-state index contributed by atoms with van der Waals surface area (Å²) in [7, 11) is 0. The fourth-order valence-corrected chi connectivity index (χ4v) is 1.79. The van der Waals surface area contributed by atoms with Gasteiger partial charge in [-0.3, -0.25) is 0 Å². The van der Waals surface area contributed by atoms with Crippen LogP contribution in [0.5, 0.6) is 5.75 Å². The smallest absolute Gasteiger partial charge is 0.225 e. The monoisotopic (exact) mass is 224 g/mol. The van der Waals surface area contributed by atoms with Gasteiger partial charge in [0, 0.05) is 5.69 Å². The standard InChI is InChI=1S/C14H12N2O/c1-2-6-11(7-3-1)17-14-12-8-4-5-9-13(12)15-10-16-14/h1-9,15H,10H2. The number of fused-ring (bicyclic) bond motifs is 1. The lowest BCUT2D eigenvalue weighted by molar-refractivity contribution is 0.548. The van der Waals surface area contributed by atoms with Gasteiger partial charge in [-0.15, -0.1) is 0 Å². The molecule has 3 rings (SSSR count). The first kappa shape index (κ1) is 9.90. The van der Waals surface area contributed by atoms with Crippen molar-refractivity contribution in [1.29, 1.82) is 0 Å². The van der Waals surface area contributed by atoms with Crippen molar-refractivity contribution >= 4 is 11.6 Å². The van der Waals surface area contributed by atoms with Crippen LogP contribution in [0, 0.1) is 0 Å². The molecule has 0 amide bonds. The summed E-state index contributed by atoms with van der Waals surface area (Å²) in [6.45, 7) is 0.555. The van der Waals surface area contributed by atoms with Crippen molar-refractivity contribution in [2.75, 3.05) is 12.0 Å². The Kier molecular flexibility index (Phi) is 2.50. The molecular formula is C14H12N2O. The average Bonchev–Trinajstić information content (AvgIpc) is 2.40. The molecule has 0 aliphatic carbocycles. The minimum atomic E-state index is 0.555. The first-order valence-electron chi connectivity index (χ1n) is 5.54. The van der Waals surface area contributed by atoms with E-state index < -0.39 is 0 Å². The Morgan fingerprint density at radius 2 is 1.71 bits per heavy atom. The van der Waals surface area contributed by atoms with Gasteiger partial charge in [-0.25, -0.2) is 4.99 Å². The second kappa shape index (κ2) is 4.29. The first-order valence-corrected chi connectivity index (χ1v) is 5.54. The van der Waals surface area contributed by atoms with E-state index in [2.05, 4.69) is 10.3 Å². The molecule has 1 N–H and O–H groups in total. The molecular weight excluding hydrogens is 212 g/mol. The van der Waals surface area contributed by atoms with E-state index in [1.54, 1.807) is 0 Å². The van der Waals surface area contributed by atoms with Crippen LogP contribution in [0.1, 0.15) is 5.56 Å². The summed E-state index contributed by atoms with van der Waals surface area (Å²) >= 11 is 0. The lowest BCUT2D eigenvalue weighted by Crippen LogP contribution is -2.20. The van der Waals surface area contributed by atoms with E-state index >= 15 is 0 Å². The molecule has 0 spiro atoms. The van der Waals surface area contributed by atoms with Crippen molar-refractivity contribution < 1.29 is 4.74 Å². The number of nitrogens with one attached hydrogen (secondary N) is 1. The molecule has 0 saturated heterocycles. The van der Waals surface area contributed by atoms with Crippen molar-refractivity contribution in [3.8, 4) is 5.75 Å². The maximum Gasteiger partial charge on any atom is 0.225 e. The maximum absolute atomic E-state index is 5.79. The molecule has 2 aromatic rings. The molecule has 0 fully saturated rings. The van der Waals surface area contributed by atoms with Gasteiger partial charge in [-0.05, 0) is 24.3 Å². The number of aliphatic imine (C=N–C) groups is 1. The third-order valence-electron chi connectivity index (χ3n) is 2.61. The van der Waals surface area contributed by atoms with E-state index in [0.29, 0.717) is 12.6 Å². The fourth-order valence-electron chi connectivity index (χ4n) is 1.79. The highest BCUT2D eigenvalue weighted by molar-refractivity contribution is 6.01. The number of benzene rings is 2. The Morgan fingerprint density at radius 1 is 0.941 bits per heavy atom. The molecule has 3 heteroatoms. The SMILES string of the molecule is c1ccc(OC2=NCNc3ccccc32)cc1. The van der Waals surface area contributed by atoms with Gasteiger partial charge in [0.1, 0.15) is 12.4 Å². The molecule has 1 aliphatic rings. The normalized spacial score (nSPS) is 13.3. The topological polar surface area (TPSA) is 33.6 Å². The molecule has 84 valence electrons. The molecule has 0 saturated carbocycles. The number of ether oxygens (including phenoxy) is 1. The number of para-hydroxylation sites is 2. The van der Waals surface area contributed by atoms with Gasteiger partial charge in [-0.2, -0.15) is 0 Å². The minimum Gasteiger partial charge on any atom is -0.439 e. The van der Waals surface area contributed by atoms with Gasteiger partial charge in [-0.1, -0.05) is 30.3 Å². The van der Waals surface area contributed by atoms with Crippen LogP contribution < -0.4 is 10.1 Å². The van der Waals surface area contributed by atoms with E-state index in [1.165, 1.54) is 0 Å². The highest BCUT2D eigenvalue weighted by atomic mass is 16.5. The number of rotatable bonds is 1. The second-order valence-electron chi connectivity index (χ2n) is 3.76. The van der Waals surface area contributed by atoms with Gasteiger partial charge in [0.15, 0.2) is 0 Å².